The van der Waals surface area contributed by atoms with Gasteiger partial charge in [0.25, 0.3) is 0 Å². The van der Waals surface area contributed by atoms with Crippen molar-refractivity contribution in [2.45, 2.75) is 19.0 Å². The molecule has 0 N–H and O–H groups in total. The van der Waals surface area contributed by atoms with Crippen molar-refractivity contribution in [3.05, 3.63) is 89.2 Å². The highest BCUT2D eigenvalue weighted by Gasteiger charge is 2.30. The highest BCUT2D eigenvalue weighted by Crippen LogP contribution is 2.41. The number of ether oxygens (including phenoxy) is 2. The highest BCUT2D eigenvalue weighted by molar-refractivity contribution is 5.51. The predicted molar refractivity (Wildman–Crippen MR) is 106 cm³/mol. The molecule has 4 heteroatoms. The Hall–Kier alpha value is -2.85. The van der Waals surface area contributed by atoms with Gasteiger partial charge in [0.2, 0.25) is 0 Å². The third kappa shape index (κ3) is 3.53. The van der Waals surface area contributed by atoms with E-state index in [1.54, 1.807) is 14.2 Å². The van der Waals surface area contributed by atoms with Gasteiger partial charge in [-0.05, 0) is 46.9 Å². The summed E-state index contributed by atoms with van der Waals surface area (Å²) in [5, 5.41) is 0. The van der Waals surface area contributed by atoms with Gasteiger partial charge >= 0.3 is 0 Å². The summed E-state index contributed by atoms with van der Waals surface area (Å²) in [4.78, 5) is 6.79. The average molecular weight is 360 g/mol. The summed E-state index contributed by atoms with van der Waals surface area (Å²) in [6, 6.07) is 19.3. The molecular weight excluding hydrogens is 336 g/mol. The van der Waals surface area contributed by atoms with Gasteiger partial charge in [-0.25, -0.2) is 0 Å². The molecule has 0 bridgehead atoms. The number of pyridine rings is 1. The molecule has 0 amide bonds. The highest BCUT2D eigenvalue weighted by atomic mass is 16.5. The molecule has 2 heterocycles. The quantitative estimate of drug-likeness (QED) is 0.681. The van der Waals surface area contributed by atoms with Gasteiger partial charge in [0.1, 0.15) is 0 Å². The number of fused-ring (bicyclic) bond motifs is 1. The SMILES string of the molecule is COc1cc2c(cc1OC)C(c1ccccc1)N(Cc1cccnc1)CC2. The van der Waals surface area contributed by atoms with Gasteiger partial charge < -0.3 is 9.47 Å². The van der Waals surface area contributed by atoms with Crippen molar-refractivity contribution in [2.24, 2.45) is 0 Å². The first-order valence-corrected chi connectivity index (χ1v) is 9.23. The van der Waals surface area contributed by atoms with E-state index < -0.39 is 0 Å². The maximum atomic E-state index is 5.59. The predicted octanol–water partition coefficient (Wildman–Crippen LogP) is 4.25. The van der Waals surface area contributed by atoms with Crippen molar-refractivity contribution >= 4 is 0 Å². The van der Waals surface area contributed by atoms with Crippen LogP contribution in [0.25, 0.3) is 0 Å². The molecule has 4 rings (SSSR count). The molecule has 0 saturated carbocycles. The van der Waals surface area contributed by atoms with E-state index in [2.05, 4.69) is 58.4 Å². The lowest BCUT2D eigenvalue weighted by Crippen LogP contribution is -2.35. The largest absolute Gasteiger partial charge is 0.493 e. The standard InChI is InChI=1S/C23H24N2O2/c1-26-21-13-19-10-12-25(16-17-7-6-11-24-15-17)23(18-8-4-3-5-9-18)20(19)14-22(21)27-2/h3-9,11,13-15,23H,10,12,16H2,1-2H3. The van der Waals surface area contributed by atoms with Crippen LogP contribution in [0.4, 0.5) is 0 Å². The second-order valence-electron chi connectivity index (χ2n) is 6.80. The van der Waals surface area contributed by atoms with Crippen LogP contribution in [0.1, 0.15) is 28.3 Å². The summed E-state index contributed by atoms with van der Waals surface area (Å²) < 4.78 is 11.1. The number of hydrogen-bond donors (Lipinski definition) is 0. The molecule has 4 nitrogen and oxygen atoms in total. The normalized spacial score (nSPS) is 16.6. The van der Waals surface area contributed by atoms with E-state index in [9.17, 15) is 0 Å². The zero-order valence-corrected chi connectivity index (χ0v) is 15.8. The summed E-state index contributed by atoms with van der Waals surface area (Å²) in [5.41, 5.74) is 5.12. The van der Waals surface area contributed by atoms with Gasteiger partial charge in [-0.1, -0.05) is 36.4 Å². The zero-order valence-electron chi connectivity index (χ0n) is 15.8. The summed E-state index contributed by atoms with van der Waals surface area (Å²) in [7, 11) is 3.38. The van der Waals surface area contributed by atoms with Crippen LogP contribution >= 0.6 is 0 Å². The van der Waals surface area contributed by atoms with Crippen LogP contribution in [0.3, 0.4) is 0 Å². The van der Waals surface area contributed by atoms with Crippen LogP contribution < -0.4 is 9.47 Å². The molecule has 1 atom stereocenters. The minimum Gasteiger partial charge on any atom is -0.493 e. The van der Waals surface area contributed by atoms with Crippen molar-refractivity contribution in [2.75, 3.05) is 20.8 Å². The van der Waals surface area contributed by atoms with Crippen LogP contribution in [0.2, 0.25) is 0 Å². The maximum absolute atomic E-state index is 5.59. The molecule has 3 aromatic rings. The lowest BCUT2D eigenvalue weighted by atomic mass is 9.87. The summed E-state index contributed by atoms with van der Waals surface area (Å²) in [6.07, 6.45) is 4.76. The topological polar surface area (TPSA) is 34.6 Å². The first-order valence-electron chi connectivity index (χ1n) is 9.23. The fraction of sp³-hybridized carbons (Fsp3) is 0.261. The number of aromatic nitrogens is 1. The Labute approximate surface area is 160 Å². The van der Waals surface area contributed by atoms with Crippen LogP contribution in [0, 0.1) is 0 Å². The Morgan fingerprint density at radius 1 is 1.00 bits per heavy atom. The summed E-state index contributed by atoms with van der Waals surface area (Å²) >= 11 is 0. The number of methoxy groups -OCH3 is 2. The second-order valence-corrected chi connectivity index (χ2v) is 6.80. The lowest BCUT2D eigenvalue weighted by Gasteiger charge is -2.38. The Morgan fingerprint density at radius 3 is 2.48 bits per heavy atom. The fourth-order valence-electron chi connectivity index (χ4n) is 3.92. The van der Waals surface area contributed by atoms with Gasteiger partial charge in [0.05, 0.1) is 20.3 Å². The first-order chi connectivity index (χ1) is 13.3. The number of nitrogens with zero attached hydrogens (tertiary/aromatic N) is 2. The van der Waals surface area contributed by atoms with Gasteiger partial charge in [0, 0.05) is 25.5 Å². The molecule has 1 aliphatic rings. The molecule has 1 aliphatic heterocycles. The molecule has 0 radical (unpaired) electrons. The molecule has 138 valence electrons. The van der Waals surface area contributed by atoms with Gasteiger partial charge in [0.15, 0.2) is 11.5 Å². The molecule has 1 aromatic heterocycles. The fourth-order valence-corrected chi connectivity index (χ4v) is 3.92. The van der Waals surface area contributed by atoms with Crippen LogP contribution in [-0.4, -0.2) is 30.6 Å². The molecule has 0 spiro atoms. The van der Waals surface area contributed by atoms with Crippen molar-refractivity contribution in [3.8, 4) is 11.5 Å². The molecule has 0 fully saturated rings. The van der Waals surface area contributed by atoms with E-state index in [-0.39, 0.29) is 6.04 Å². The third-order valence-electron chi connectivity index (χ3n) is 5.20. The lowest BCUT2D eigenvalue weighted by molar-refractivity contribution is 0.203. The van der Waals surface area contributed by atoms with Crippen LogP contribution in [-0.2, 0) is 13.0 Å². The first kappa shape index (κ1) is 17.6. The van der Waals surface area contributed by atoms with E-state index >= 15 is 0 Å². The number of rotatable bonds is 5. The molecule has 27 heavy (non-hydrogen) atoms. The maximum Gasteiger partial charge on any atom is 0.161 e. The van der Waals surface area contributed by atoms with E-state index in [0.717, 1.165) is 31.0 Å². The average Bonchev–Trinajstić information content (AvgIpc) is 2.74. The van der Waals surface area contributed by atoms with E-state index in [1.807, 2.05) is 18.5 Å². The summed E-state index contributed by atoms with van der Waals surface area (Å²) in [6.45, 7) is 1.85. The Bertz CT molecular complexity index is 897. The smallest absolute Gasteiger partial charge is 0.161 e. The molecular formula is C23H24N2O2. The van der Waals surface area contributed by atoms with Crippen molar-refractivity contribution in [1.29, 1.82) is 0 Å². The summed E-state index contributed by atoms with van der Waals surface area (Å²) in [5.74, 6) is 1.57. The molecule has 2 aromatic carbocycles. The van der Waals surface area contributed by atoms with E-state index in [4.69, 9.17) is 9.47 Å². The van der Waals surface area contributed by atoms with Gasteiger partial charge in [-0.3, -0.25) is 9.88 Å². The van der Waals surface area contributed by atoms with Crippen molar-refractivity contribution in [1.82, 2.24) is 9.88 Å². The molecule has 0 saturated heterocycles. The molecule has 0 aliphatic carbocycles. The Morgan fingerprint density at radius 2 is 1.78 bits per heavy atom. The number of benzene rings is 2. The minimum absolute atomic E-state index is 0.176. The molecule has 1 unspecified atom stereocenters. The van der Waals surface area contributed by atoms with Gasteiger partial charge in [-0.15, -0.1) is 0 Å². The van der Waals surface area contributed by atoms with Crippen molar-refractivity contribution < 1.29 is 9.47 Å². The minimum atomic E-state index is 0.176. The Balaban J connectivity index is 1.79. The van der Waals surface area contributed by atoms with Crippen LogP contribution in [0.5, 0.6) is 11.5 Å². The van der Waals surface area contributed by atoms with E-state index in [1.165, 1.54) is 22.3 Å². The van der Waals surface area contributed by atoms with E-state index in [0.29, 0.717) is 0 Å². The zero-order chi connectivity index (χ0) is 18.6. The monoisotopic (exact) mass is 360 g/mol. The Kier molecular flexibility index (Phi) is 5.07. The van der Waals surface area contributed by atoms with Crippen molar-refractivity contribution in [3.63, 3.8) is 0 Å². The van der Waals surface area contributed by atoms with Gasteiger partial charge in [-0.2, -0.15) is 0 Å². The third-order valence-corrected chi connectivity index (χ3v) is 5.20. The second kappa shape index (κ2) is 7.80. The van der Waals surface area contributed by atoms with Crippen LogP contribution in [0.15, 0.2) is 67.0 Å². The number of hydrogen-bond acceptors (Lipinski definition) is 4.